The Morgan fingerprint density at radius 3 is 2.53 bits per heavy atom. The highest BCUT2D eigenvalue weighted by Gasteiger charge is 2.52. The highest BCUT2D eigenvalue weighted by molar-refractivity contribution is 7.89. The largest absolute Gasteiger partial charge is 0.495 e. The third-order valence-corrected chi connectivity index (χ3v) is 7.19. The summed E-state index contributed by atoms with van der Waals surface area (Å²) in [6, 6.07) is 8.41. The van der Waals surface area contributed by atoms with Gasteiger partial charge in [0, 0.05) is 5.56 Å². The topological polar surface area (TPSA) is 129 Å². The fourth-order valence-corrected chi connectivity index (χ4v) is 5.41. The molecule has 0 aliphatic heterocycles. The molecule has 1 atom stereocenters. The van der Waals surface area contributed by atoms with Crippen molar-refractivity contribution in [2.24, 2.45) is 0 Å². The van der Waals surface area contributed by atoms with Crippen molar-refractivity contribution in [1.29, 1.82) is 5.26 Å². The van der Waals surface area contributed by atoms with Crippen molar-refractivity contribution in [1.82, 2.24) is 14.5 Å². The lowest BCUT2D eigenvalue weighted by atomic mass is 9.82. The van der Waals surface area contributed by atoms with Crippen molar-refractivity contribution >= 4 is 10.0 Å². The number of nitriles is 1. The maximum Gasteiger partial charge on any atom is 0.434 e. The smallest absolute Gasteiger partial charge is 0.434 e. The Morgan fingerprint density at radius 1 is 1.28 bits per heavy atom. The molecule has 9 nitrogen and oxygen atoms in total. The minimum atomic E-state index is -4.63. The molecule has 0 saturated carbocycles. The number of halogens is 1. The molecule has 0 bridgehead atoms. The van der Waals surface area contributed by atoms with Gasteiger partial charge in [0.05, 0.1) is 7.11 Å². The fourth-order valence-electron chi connectivity index (χ4n) is 3.74. The first-order chi connectivity index (χ1) is 15.1. The predicted octanol–water partition coefficient (Wildman–Crippen LogP) is 2.95. The van der Waals surface area contributed by atoms with E-state index in [0.29, 0.717) is 15.4 Å². The molecule has 0 aliphatic carbocycles. The highest BCUT2D eigenvalue weighted by atomic mass is 32.2. The van der Waals surface area contributed by atoms with Crippen molar-refractivity contribution in [2.45, 2.75) is 37.6 Å². The van der Waals surface area contributed by atoms with E-state index < -0.39 is 33.0 Å². The summed E-state index contributed by atoms with van der Waals surface area (Å²) in [5, 5.41) is 16.0. The van der Waals surface area contributed by atoms with Crippen LogP contribution in [0.15, 0.2) is 50.5 Å². The zero-order chi connectivity index (χ0) is 23.7. The van der Waals surface area contributed by atoms with Crippen molar-refractivity contribution in [3.63, 3.8) is 0 Å². The van der Waals surface area contributed by atoms with E-state index in [0.717, 1.165) is 6.07 Å². The first-order valence-corrected chi connectivity index (χ1v) is 11.0. The molecule has 0 radical (unpaired) electrons. The van der Waals surface area contributed by atoms with Crippen LogP contribution in [0.25, 0.3) is 0 Å². The van der Waals surface area contributed by atoms with Gasteiger partial charge in [0.15, 0.2) is 11.7 Å². The molecule has 32 heavy (non-hydrogen) atoms. The van der Waals surface area contributed by atoms with Crippen LogP contribution in [0.1, 0.15) is 35.9 Å². The van der Waals surface area contributed by atoms with Crippen LogP contribution >= 0.6 is 0 Å². The van der Waals surface area contributed by atoms with Crippen molar-refractivity contribution in [3.8, 4) is 11.9 Å². The molecular formula is C21H21FN4O5S. The molecule has 11 heteroatoms. The first kappa shape index (κ1) is 23.0. The lowest BCUT2D eigenvalue weighted by molar-refractivity contribution is 0.223. The number of aromatic amines is 1. The summed E-state index contributed by atoms with van der Waals surface area (Å²) in [5.74, 6) is -2.23. The maximum atomic E-state index is 15.3. The normalized spacial score (nSPS) is 13.2. The minimum absolute atomic E-state index is 0.0114. The van der Waals surface area contributed by atoms with E-state index in [-0.39, 0.29) is 22.6 Å². The van der Waals surface area contributed by atoms with Gasteiger partial charge in [0.25, 0.3) is 10.0 Å². The van der Waals surface area contributed by atoms with Crippen LogP contribution in [0.5, 0.6) is 5.75 Å². The molecule has 1 heterocycles. The Hall–Kier alpha value is -3.65. The number of nitrogens with zero attached hydrogens (tertiary/aromatic N) is 3. The van der Waals surface area contributed by atoms with Gasteiger partial charge in [-0.05, 0) is 49.6 Å². The molecule has 1 N–H and O–H groups in total. The maximum absolute atomic E-state index is 15.3. The molecule has 0 saturated heterocycles. The number of rotatable bonds is 7. The number of benzene rings is 2. The van der Waals surface area contributed by atoms with Crippen LogP contribution in [0.3, 0.4) is 0 Å². The zero-order valence-electron chi connectivity index (χ0n) is 17.8. The molecule has 1 aromatic heterocycles. The molecule has 3 rings (SSSR count). The SMILES string of the molecule is CCC(c1n[nH]c(=O)o1)(c1c(F)ccc(C)c1C)N(C#N)S(=O)(=O)c1ccccc1OC. The molecular weight excluding hydrogens is 439 g/mol. The number of para-hydroxylation sites is 1. The number of aromatic nitrogens is 2. The van der Waals surface area contributed by atoms with Crippen molar-refractivity contribution in [3.05, 3.63) is 75.3 Å². The second-order valence-corrected chi connectivity index (χ2v) is 8.77. The van der Waals surface area contributed by atoms with Gasteiger partial charge in [0.2, 0.25) is 5.89 Å². The van der Waals surface area contributed by atoms with Crippen molar-refractivity contribution in [2.75, 3.05) is 7.11 Å². The lowest BCUT2D eigenvalue weighted by Gasteiger charge is -2.38. The monoisotopic (exact) mass is 460 g/mol. The Balaban J connectivity index is 2.47. The number of ether oxygens (including phenoxy) is 1. The van der Waals surface area contributed by atoms with Gasteiger partial charge in [-0.25, -0.2) is 22.7 Å². The van der Waals surface area contributed by atoms with Gasteiger partial charge in [-0.1, -0.05) is 25.1 Å². The lowest BCUT2D eigenvalue weighted by Crippen LogP contribution is -2.48. The number of sulfonamides is 1. The van der Waals surface area contributed by atoms with Gasteiger partial charge in [-0.2, -0.15) is 9.57 Å². The fraction of sp³-hybridized carbons (Fsp3) is 0.286. The summed E-state index contributed by atoms with van der Waals surface area (Å²) in [7, 11) is -3.35. The number of hydrogen-bond donors (Lipinski definition) is 1. The molecule has 0 fully saturated rings. The molecule has 0 spiro atoms. The summed E-state index contributed by atoms with van der Waals surface area (Å²) in [6.45, 7) is 4.84. The zero-order valence-corrected chi connectivity index (χ0v) is 18.7. The van der Waals surface area contributed by atoms with Crippen LogP contribution in [-0.4, -0.2) is 30.0 Å². The summed E-state index contributed by atoms with van der Waals surface area (Å²) in [4.78, 5) is 11.5. The van der Waals surface area contributed by atoms with E-state index in [4.69, 9.17) is 9.15 Å². The van der Waals surface area contributed by atoms with Crippen LogP contribution in [0.2, 0.25) is 0 Å². The summed E-state index contributed by atoms with van der Waals surface area (Å²) in [6.07, 6.45) is 1.49. The molecule has 0 aliphatic rings. The first-order valence-electron chi connectivity index (χ1n) is 9.55. The third kappa shape index (κ3) is 3.42. The number of H-pyrrole nitrogens is 1. The summed E-state index contributed by atoms with van der Waals surface area (Å²) in [5.41, 5.74) is -1.21. The summed E-state index contributed by atoms with van der Waals surface area (Å²) >= 11 is 0. The van der Waals surface area contributed by atoms with Gasteiger partial charge >= 0.3 is 5.76 Å². The van der Waals surface area contributed by atoms with E-state index in [1.165, 1.54) is 38.3 Å². The van der Waals surface area contributed by atoms with Gasteiger partial charge in [0.1, 0.15) is 16.5 Å². The number of hydrogen-bond acceptors (Lipinski definition) is 7. The average Bonchev–Trinajstić information content (AvgIpc) is 3.22. The second kappa shape index (κ2) is 8.47. The van der Waals surface area contributed by atoms with Crippen LogP contribution in [0, 0.1) is 31.1 Å². The van der Waals surface area contributed by atoms with E-state index in [1.807, 2.05) is 0 Å². The number of methoxy groups -OCH3 is 1. The highest BCUT2D eigenvalue weighted by Crippen LogP contribution is 2.44. The molecule has 2 aromatic carbocycles. The predicted molar refractivity (Wildman–Crippen MR) is 112 cm³/mol. The summed E-state index contributed by atoms with van der Waals surface area (Å²) < 4.78 is 53.6. The van der Waals surface area contributed by atoms with Crippen LogP contribution < -0.4 is 10.5 Å². The van der Waals surface area contributed by atoms with Crippen LogP contribution in [0.4, 0.5) is 4.39 Å². The van der Waals surface area contributed by atoms with Gasteiger partial charge < -0.3 is 9.15 Å². The van der Waals surface area contributed by atoms with E-state index >= 15 is 4.39 Å². The average molecular weight is 460 g/mol. The molecule has 3 aromatic rings. The number of aryl methyl sites for hydroxylation is 1. The Labute approximate surface area is 184 Å². The number of nitrogens with one attached hydrogen (secondary N) is 1. The Morgan fingerprint density at radius 2 is 1.97 bits per heavy atom. The van der Waals surface area contributed by atoms with E-state index in [1.54, 1.807) is 26.1 Å². The van der Waals surface area contributed by atoms with Gasteiger partial charge in [-0.15, -0.1) is 5.10 Å². The Bertz CT molecular complexity index is 1360. The van der Waals surface area contributed by atoms with Crippen LogP contribution in [-0.2, 0) is 15.6 Å². The van der Waals surface area contributed by atoms with E-state index in [9.17, 15) is 18.5 Å². The third-order valence-electron chi connectivity index (χ3n) is 5.43. The van der Waals surface area contributed by atoms with Crippen molar-refractivity contribution < 1.29 is 22.0 Å². The standard InChI is InChI=1S/C21H21FN4O5S/c1-5-21(19-24-25-20(27)31-19,18-14(3)13(2)10-11-15(18)22)26(12-23)32(28,29)17-9-7-6-8-16(17)30-4/h6-11H,5H2,1-4H3,(H,25,27). The minimum Gasteiger partial charge on any atom is -0.495 e. The molecule has 1 unspecified atom stereocenters. The molecule has 168 valence electrons. The quantitative estimate of drug-likeness (QED) is 0.424. The molecule has 0 amide bonds. The second-order valence-electron chi connectivity index (χ2n) is 7.02. The van der Waals surface area contributed by atoms with Gasteiger partial charge in [-0.3, -0.25) is 0 Å². The van der Waals surface area contributed by atoms with E-state index in [2.05, 4.69) is 10.2 Å². The Kier molecular flexibility index (Phi) is 6.09.